The second-order valence-electron chi connectivity index (χ2n) is 10.6. The van der Waals surface area contributed by atoms with E-state index in [1.165, 1.54) is 0 Å². The number of nitrogens with two attached hydrogens (primary N) is 1. The minimum absolute atomic E-state index is 0.00604. The van der Waals surface area contributed by atoms with Crippen LogP contribution in [0.2, 0.25) is 0 Å². The van der Waals surface area contributed by atoms with E-state index in [0.29, 0.717) is 38.8 Å². The molecule has 0 bridgehead atoms. The molecule has 3 amide bonds. The molecule has 1 saturated heterocycles. The second-order valence-corrected chi connectivity index (χ2v) is 10.6. The van der Waals surface area contributed by atoms with Gasteiger partial charge in [-0.2, -0.15) is 0 Å². The summed E-state index contributed by atoms with van der Waals surface area (Å²) in [6.07, 6.45) is 4.15. The number of aromatic amines is 1. The minimum Gasteiger partial charge on any atom is -0.361 e. The molecule has 2 aliphatic heterocycles. The number of benzene rings is 2. The van der Waals surface area contributed by atoms with Gasteiger partial charge in [0.15, 0.2) is 0 Å². The van der Waals surface area contributed by atoms with Crippen LogP contribution in [0.1, 0.15) is 44.2 Å². The minimum atomic E-state index is -1.12. The third-order valence-corrected chi connectivity index (χ3v) is 7.56. The first-order valence-corrected chi connectivity index (χ1v) is 12.5. The third-order valence-electron chi connectivity index (χ3n) is 7.56. The van der Waals surface area contributed by atoms with Crippen LogP contribution < -0.4 is 16.4 Å². The van der Waals surface area contributed by atoms with Gasteiger partial charge in [0.2, 0.25) is 17.7 Å². The standard InChI is InChI=1S/C28H33N5O3/c1-27(2,29)25(35)32-23(16-18-17-30-21-10-5-3-8-19(18)21)24(34)33-14-7-12-28(13-15-33)20-9-4-6-11-22(20)31-26(28)36/h3-6,8-11,17,23,30H,7,12-16,29H2,1-2H3,(H,31,36)(H,32,35)/t23-,28-/m0/s1. The highest BCUT2D eigenvalue weighted by atomic mass is 16.2. The van der Waals surface area contributed by atoms with E-state index in [1.807, 2.05) is 54.7 Å². The van der Waals surface area contributed by atoms with Crippen molar-refractivity contribution in [2.45, 2.75) is 56.5 Å². The van der Waals surface area contributed by atoms with Gasteiger partial charge in [0.05, 0.1) is 11.0 Å². The summed E-state index contributed by atoms with van der Waals surface area (Å²) < 4.78 is 0. The largest absolute Gasteiger partial charge is 0.361 e. The number of para-hydroxylation sites is 2. The van der Waals surface area contributed by atoms with Crippen molar-refractivity contribution in [1.82, 2.24) is 15.2 Å². The van der Waals surface area contributed by atoms with Crippen LogP contribution in [0.4, 0.5) is 5.69 Å². The molecule has 0 radical (unpaired) electrons. The lowest BCUT2D eigenvalue weighted by Gasteiger charge is -2.30. The van der Waals surface area contributed by atoms with Gasteiger partial charge < -0.3 is 26.3 Å². The summed E-state index contributed by atoms with van der Waals surface area (Å²) in [6.45, 7) is 4.22. The number of rotatable bonds is 5. The SMILES string of the molecule is CC(C)(N)C(=O)N[C@@H](Cc1c[nH]c2ccccc12)C(=O)N1CCC[C@@]2(CC1)C(=O)Nc1ccccc12. The Bertz CT molecular complexity index is 1320. The first-order chi connectivity index (χ1) is 17.2. The van der Waals surface area contributed by atoms with E-state index >= 15 is 0 Å². The fourth-order valence-corrected chi connectivity index (χ4v) is 5.51. The molecule has 3 heterocycles. The Kier molecular flexibility index (Phi) is 6.08. The number of nitrogens with one attached hydrogen (secondary N) is 3. The van der Waals surface area contributed by atoms with Crippen molar-refractivity contribution in [2.75, 3.05) is 18.4 Å². The number of fused-ring (bicyclic) bond motifs is 3. The molecule has 0 unspecified atom stereocenters. The topological polar surface area (TPSA) is 120 Å². The molecule has 2 aromatic carbocycles. The smallest absolute Gasteiger partial charge is 0.245 e. The van der Waals surface area contributed by atoms with Crippen LogP contribution in [0, 0.1) is 0 Å². The second kappa shape index (κ2) is 9.09. The predicted octanol–water partition coefficient (Wildman–Crippen LogP) is 2.84. The van der Waals surface area contributed by atoms with Gasteiger partial charge in [-0.1, -0.05) is 36.4 Å². The van der Waals surface area contributed by atoms with E-state index in [0.717, 1.165) is 27.7 Å². The zero-order valence-electron chi connectivity index (χ0n) is 20.8. The quantitative estimate of drug-likeness (QED) is 0.442. The molecule has 188 valence electrons. The van der Waals surface area contributed by atoms with Gasteiger partial charge in [-0.05, 0) is 56.4 Å². The number of hydrogen-bond acceptors (Lipinski definition) is 4. The predicted molar refractivity (Wildman–Crippen MR) is 139 cm³/mol. The molecular weight excluding hydrogens is 454 g/mol. The summed E-state index contributed by atoms with van der Waals surface area (Å²) in [7, 11) is 0. The Balaban J connectivity index is 1.39. The maximum atomic E-state index is 13.9. The monoisotopic (exact) mass is 487 g/mol. The number of nitrogens with zero attached hydrogens (tertiary/aromatic N) is 1. The molecule has 1 fully saturated rings. The summed E-state index contributed by atoms with van der Waals surface area (Å²) in [5, 5.41) is 6.96. The number of H-pyrrole nitrogens is 1. The van der Waals surface area contributed by atoms with Gasteiger partial charge in [-0.3, -0.25) is 14.4 Å². The van der Waals surface area contributed by atoms with Crippen molar-refractivity contribution in [2.24, 2.45) is 5.73 Å². The van der Waals surface area contributed by atoms with Crippen LogP contribution >= 0.6 is 0 Å². The summed E-state index contributed by atoms with van der Waals surface area (Å²) in [5.74, 6) is -0.524. The molecule has 36 heavy (non-hydrogen) atoms. The summed E-state index contributed by atoms with van der Waals surface area (Å²) >= 11 is 0. The number of carbonyl (C=O) groups is 3. The Hall–Kier alpha value is -3.65. The van der Waals surface area contributed by atoms with E-state index in [4.69, 9.17) is 5.73 Å². The van der Waals surface area contributed by atoms with Crippen LogP contribution in [0.3, 0.4) is 0 Å². The molecule has 5 rings (SSSR count). The highest BCUT2D eigenvalue weighted by Gasteiger charge is 2.47. The first-order valence-electron chi connectivity index (χ1n) is 12.5. The van der Waals surface area contributed by atoms with Crippen LogP contribution in [0.15, 0.2) is 54.7 Å². The highest BCUT2D eigenvalue weighted by molar-refractivity contribution is 6.06. The van der Waals surface area contributed by atoms with E-state index in [1.54, 1.807) is 18.7 Å². The fraction of sp³-hybridized carbons (Fsp3) is 0.393. The highest BCUT2D eigenvalue weighted by Crippen LogP contribution is 2.44. The van der Waals surface area contributed by atoms with Crippen molar-refractivity contribution in [1.29, 1.82) is 0 Å². The van der Waals surface area contributed by atoms with Gasteiger partial charge in [0.1, 0.15) is 6.04 Å². The maximum absolute atomic E-state index is 13.9. The van der Waals surface area contributed by atoms with Crippen molar-refractivity contribution in [3.63, 3.8) is 0 Å². The zero-order valence-corrected chi connectivity index (χ0v) is 20.8. The van der Waals surface area contributed by atoms with Crippen molar-refractivity contribution in [3.05, 3.63) is 65.9 Å². The van der Waals surface area contributed by atoms with E-state index in [-0.39, 0.29) is 17.7 Å². The molecule has 5 N–H and O–H groups in total. The lowest BCUT2D eigenvalue weighted by molar-refractivity contribution is -0.137. The number of likely N-dealkylation sites (tertiary alicyclic amines) is 1. The number of amides is 3. The summed E-state index contributed by atoms with van der Waals surface area (Å²) in [6, 6.07) is 14.9. The van der Waals surface area contributed by atoms with Gasteiger partial charge in [-0.25, -0.2) is 0 Å². The molecule has 1 spiro atoms. The summed E-state index contributed by atoms with van der Waals surface area (Å²) in [5.41, 5.74) is 8.11. The average molecular weight is 488 g/mol. The van der Waals surface area contributed by atoms with Gasteiger partial charge in [0.25, 0.3) is 0 Å². The Morgan fingerprint density at radius 1 is 1.11 bits per heavy atom. The van der Waals surface area contributed by atoms with Crippen molar-refractivity contribution < 1.29 is 14.4 Å². The van der Waals surface area contributed by atoms with Crippen LogP contribution in [0.5, 0.6) is 0 Å². The first kappa shape index (κ1) is 24.1. The lowest BCUT2D eigenvalue weighted by atomic mass is 9.75. The van der Waals surface area contributed by atoms with Gasteiger partial charge in [-0.15, -0.1) is 0 Å². The molecule has 8 heteroatoms. The Morgan fingerprint density at radius 3 is 2.67 bits per heavy atom. The number of hydrogen-bond donors (Lipinski definition) is 4. The normalized spacial score (nSPS) is 20.6. The van der Waals surface area contributed by atoms with Gasteiger partial charge in [0, 0.05) is 42.3 Å². The average Bonchev–Trinajstić information content (AvgIpc) is 3.27. The number of carbonyl (C=O) groups excluding carboxylic acids is 3. The number of aromatic nitrogens is 1. The van der Waals surface area contributed by atoms with Crippen molar-refractivity contribution in [3.8, 4) is 0 Å². The molecule has 0 saturated carbocycles. The zero-order chi connectivity index (χ0) is 25.5. The van der Waals surface area contributed by atoms with Crippen LogP contribution in [-0.4, -0.2) is 52.3 Å². The van der Waals surface area contributed by atoms with E-state index in [2.05, 4.69) is 15.6 Å². The third kappa shape index (κ3) is 4.26. The van der Waals surface area contributed by atoms with E-state index in [9.17, 15) is 14.4 Å². The fourth-order valence-electron chi connectivity index (χ4n) is 5.51. The van der Waals surface area contributed by atoms with Crippen LogP contribution in [-0.2, 0) is 26.2 Å². The number of anilines is 1. The molecule has 8 nitrogen and oxygen atoms in total. The van der Waals surface area contributed by atoms with Crippen LogP contribution in [0.25, 0.3) is 10.9 Å². The molecular formula is C28H33N5O3. The molecule has 1 aromatic heterocycles. The molecule has 0 aliphatic carbocycles. The van der Waals surface area contributed by atoms with Gasteiger partial charge >= 0.3 is 0 Å². The lowest BCUT2D eigenvalue weighted by Crippen LogP contribution is -2.57. The Morgan fingerprint density at radius 2 is 1.86 bits per heavy atom. The molecule has 3 aromatic rings. The molecule has 2 atom stereocenters. The van der Waals surface area contributed by atoms with E-state index < -0.39 is 17.0 Å². The Labute approximate surface area is 210 Å². The maximum Gasteiger partial charge on any atom is 0.245 e. The summed E-state index contributed by atoms with van der Waals surface area (Å²) in [4.78, 5) is 44.8. The van der Waals surface area contributed by atoms with Crippen molar-refractivity contribution >= 4 is 34.3 Å². The molecule has 2 aliphatic rings.